The van der Waals surface area contributed by atoms with E-state index in [9.17, 15) is 9.59 Å². The van der Waals surface area contributed by atoms with Crippen molar-refractivity contribution in [2.75, 3.05) is 33.0 Å². The molecule has 1 amide bonds. The Morgan fingerprint density at radius 3 is 2.73 bits per heavy atom. The van der Waals surface area contributed by atoms with Gasteiger partial charge in [-0.2, -0.15) is 0 Å². The highest BCUT2D eigenvalue weighted by Crippen LogP contribution is 2.34. The van der Waals surface area contributed by atoms with Crippen molar-refractivity contribution in [3.63, 3.8) is 0 Å². The van der Waals surface area contributed by atoms with E-state index in [1.54, 1.807) is 0 Å². The lowest BCUT2D eigenvalue weighted by atomic mass is 9.97. The molecule has 7 heteroatoms. The predicted octanol–water partition coefficient (Wildman–Crippen LogP) is 1.87. The number of carbonyl (C=O) groups is 2. The minimum absolute atomic E-state index is 0.0234. The van der Waals surface area contributed by atoms with Crippen molar-refractivity contribution < 1.29 is 23.8 Å². The summed E-state index contributed by atoms with van der Waals surface area (Å²) in [7, 11) is 0. The molecule has 1 aromatic rings. The Morgan fingerprint density at radius 2 is 2.00 bits per heavy atom. The Hall–Kier alpha value is -2.28. The van der Waals surface area contributed by atoms with E-state index in [1.165, 1.54) is 0 Å². The maximum Gasteiger partial charge on any atom is 0.309 e. The van der Waals surface area contributed by atoms with Gasteiger partial charge in [0.15, 0.2) is 11.5 Å². The number of piperidine rings is 1. The van der Waals surface area contributed by atoms with Crippen LogP contribution in [0, 0.1) is 5.92 Å². The van der Waals surface area contributed by atoms with Crippen LogP contribution < -0.4 is 14.8 Å². The average Bonchev–Trinajstić information content (AvgIpc) is 3.10. The van der Waals surface area contributed by atoms with Gasteiger partial charge in [0.25, 0.3) is 0 Å². The van der Waals surface area contributed by atoms with Gasteiger partial charge in [-0.15, -0.1) is 0 Å². The smallest absolute Gasteiger partial charge is 0.309 e. The van der Waals surface area contributed by atoms with E-state index < -0.39 is 0 Å². The van der Waals surface area contributed by atoms with E-state index in [2.05, 4.69) is 10.2 Å². The average molecular weight is 362 g/mol. The van der Waals surface area contributed by atoms with Crippen LogP contribution in [0.3, 0.4) is 0 Å². The summed E-state index contributed by atoms with van der Waals surface area (Å²) in [6, 6.07) is 5.58. The van der Waals surface area contributed by atoms with Gasteiger partial charge in [0, 0.05) is 0 Å². The molecule has 0 saturated carbocycles. The van der Waals surface area contributed by atoms with Crippen LogP contribution in [-0.2, 0) is 14.3 Å². The van der Waals surface area contributed by atoms with Crippen LogP contribution in [0.15, 0.2) is 18.2 Å². The summed E-state index contributed by atoms with van der Waals surface area (Å²) in [5.74, 6) is 1.26. The Bertz CT molecular complexity index is 655. The Kier molecular flexibility index (Phi) is 5.98. The lowest BCUT2D eigenvalue weighted by molar-refractivity contribution is -0.149. The number of amides is 1. The first kappa shape index (κ1) is 18.5. The maximum atomic E-state index is 12.3. The molecule has 2 heterocycles. The quantitative estimate of drug-likeness (QED) is 0.779. The SMILES string of the molecule is CCOC(=O)C1CCN(CC(=O)N[C@H](C)c2ccc3c(c2)OCO3)CC1. The first-order valence-electron chi connectivity index (χ1n) is 9.14. The third kappa shape index (κ3) is 4.46. The fraction of sp³-hybridized carbons (Fsp3) is 0.579. The molecule has 1 N–H and O–H groups in total. The monoisotopic (exact) mass is 362 g/mol. The van der Waals surface area contributed by atoms with Crippen molar-refractivity contribution in [1.82, 2.24) is 10.2 Å². The summed E-state index contributed by atoms with van der Waals surface area (Å²) in [6.45, 7) is 6.22. The Labute approximate surface area is 153 Å². The van der Waals surface area contributed by atoms with Crippen LogP contribution in [-0.4, -0.2) is 49.8 Å². The minimum Gasteiger partial charge on any atom is -0.466 e. The standard InChI is InChI=1S/C19H26N2O5/c1-3-24-19(23)14-6-8-21(9-7-14)11-18(22)20-13(2)15-4-5-16-17(10-15)26-12-25-16/h4-5,10,13-14H,3,6-9,11-12H2,1-2H3,(H,20,22)/t13-/m1/s1. The normalized spacial score (nSPS) is 18.4. The van der Waals surface area contributed by atoms with Crippen molar-refractivity contribution >= 4 is 11.9 Å². The van der Waals surface area contributed by atoms with Gasteiger partial charge in [-0.1, -0.05) is 6.07 Å². The number of rotatable bonds is 6. The number of hydrogen-bond acceptors (Lipinski definition) is 6. The lowest BCUT2D eigenvalue weighted by Gasteiger charge is -2.30. The molecular formula is C19H26N2O5. The highest BCUT2D eigenvalue weighted by atomic mass is 16.7. The number of likely N-dealkylation sites (tertiary alicyclic amines) is 1. The summed E-state index contributed by atoms with van der Waals surface area (Å²) >= 11 is 0. The zero-order valence-corrected chi connectivity index (χ0v) is 15.3. The van der Waals surface area contributed by atoms with Crippen molar-refractivity contribution in [3.8, 4) is 11.5 Å². The summed E-state index contributed by atoms with van der Waals surface area (Å²) < 4.78 is 15.8. The van der Waals surface area contributed by atoms with E-state index in [1.807, 2.05) is 32.0 Å². The molecule has 0 spiro atoms. The number of carbonyl (C=O) groups excluding carboxylic acids is 2. The number of nitrogens with one attached hydrogen (secondary N) is 1. The third-order valence-electron chi connectivity index (χ3n) is 4.85. The van der Waals surface area contributed by atoms with Gasteiger partial charge < -0.3 is 19.5 Å². The molecule has 1 fully saturated rings. The van der Waals surface area contributed by atoms with E-state index in [-0.39, 0.29) is 30.6 Å². The van der Waals surface area contributed by atoms with Gasteiger partial charge in [-0.25, -0.2) is 0 Å². The van der Waals surface area contributed by atoms with Crippen molar-refractivity contribution in [2.45, 2.75) is 32.7 Å². The molecule has 0 unspecified atom stereocenters. The number of hydrogen-bond donors (Lipinski definition) is 1. The molecule has 0 aliphatic carbocycles. The van der Waals surface area contributed by atoms with Crippen LogP contribution in [0.5, 0.6) is 11.5 Å². The van der Waals surface area contributed by atoms with Crippen LogP contribution >= 0.6 is 0 Å². The molecule has 2 aliphatic heterocycles. The number of esters is 1. The van der Waals surface area contributed by atoms with E-state index in [0.29, 0.717) is 18.9 Å². The summed E-state index contributed by atoms with van der Waals surface area (Å²) in [6.07, 6.45) is 1.48. The Morgan fingerprint density at radius 1 is 1.27 bits per heavy atom. The highest BCUT2D eigenvalue weighted by Gasteiger charge is 2.27. The molecule has 0 aromatic heterocycles. The molecule has 0 radical (unpaired) electrons. The topological polar surface area (TPSA) is 77.1 Å². The third-order valence-corrected chi connectivity index (χ3v) is 4.85. The molecule has 26 heavy (non-hydrogen) atoms. The van der Waals surface area contributed by atoms with Gasteiger partial charge in [-0.3, -0.25) is 14.5 Å². The molecule has 0 bridgehead atoms. The van der Waals surface area contributed by atoms with E-state index in [4.69, 9.17) is 14.2 Å². The van der Waals surface area contributed by atoms with Crippen LogP contribution in [0.1, 0.15) is 38.3 Å². The predicted molar refractivity (Wildman–Crippen MR) is 94.9 cm³/mol. The second-order valence-electron chi connectivity index (χ2n) is 6.70. The zero-order chi connectivity index (χ0) is 18.5. The molecule has 1 atom stereocenters. The molecule has 7 nitrogen and oxygen atoms in total. The number of benzene rings is 1. The summed E-state index contributed by atoms with van der Waals surface area (Å²) in [5, 5.41) is 3.02. The minimum atomic E-state index is -0.118. The number of ether oxygens (including phenoxy) is 3. The van der Waals surface area contributed by atoms with Gasteiger partial charge in [-0.05, 0) is 57.5 Å². The molecular weight excluding hydrogens is 336 g/mol. The van der Waals surface area contributed by atoms with Gasteiger partial charge in [0.1, 0.15) is 0 Å². The van der Waals surface area contributed by atoms with Crippen molar-refractivity contribution in [2.24, 2.45) is 5.92 Å². The fourth-order valence-corrected chi connectivity index (χ4v) is 3.34. The molecule has 3 rings (SSSR count). The fourth-order valence-electron chi connectivity index (χ4n) is 3.34. The van der Waals surface area contributed by atoms with E-state index >= 15 is 0 Å². The lowest BCUT2D eigenvalue weighted by Crippen LogP contribution is -2.43. The first-order valence-corrected chi connectivity index (χ1v) is 9.14. The van der Waals surface area contributed by atoms with Gasteiger partial charge >= 0.3 is 5.97 Å². The Balaban J connectivity index is 1.45. The van der Waals surface area contributed by atoms with Gasteiger partial charge in [0.2, 0.25) is 12.7 Å². The molecule has 142 valence electrons. The van der Waals surface area contributed by atoms with Crippen molar-refractivity contribution in [3.05, 3.63) is 23.8 Å². The van der Waals surface area contributed by atoms with Crippen LogP contribution in [0.2, 0.25) is 0 Å². The van der Waals surface area contributed by atoms with Crippen molar-refractivity contribution in [1.29, 1.82) is 0 Å². The highest BCUT2D eigenvalue weighted by molar-refractivity contribution is 5.78. The summed E-state index contributed by atoms with van der Waals surface area (Å²) in [5.41, 5.74) is 0.976. The molecule has 1 saturated heterocycles. The maximum absolute atomic E-state index is 12.3. The largest absolute Gasteiger partial charge is 0.466 e. The molecule has 2 aliphatic rings. The first-order chi connectivity index (χ1) is 12.6. The zero-order valence-electron chi connectivity index (χ0n) is 15.3. The van der Waals surface area contributed by atoms with Gasteiger partial charge in [0.05, 0.1) is 25.1 Å². The van der Waals surface area contributed by atoms with E-state index in [0.717, 1.165) is 37.2 Å². The van der Waals surface area contributed by atoms with Crippen LogP contribution in [0.4, 0.5) is 0 Å². The van der Waals surface area contributed by atoms with Crippen LogP contribution in [0.25, 0.3) is 0 Å². The molecule has 1 aromatic carbocycles. The number of fused-ring (bicyclic) bond motifs is 1. The number of nitrogens with zero attached hydrogens (tertiary/aromatic N) is 1. The second kappa shape index (κ2) is 8.40. The second-order valence-corrected chi connectivity index (χ2v) is 6.70. The summed E-state index contributed by atoms with van der Waals surface area (Å²) in [4.78, 5) is 26.2.